The van der Waals surface area contributed by atoms with Crippen molar-refractivity contribution >= 4 is 15.9 Å². The predicted molar refractivity (Wildman–Crippen MR) is 63.7 cm³/mol. The summed E-state index contributed by atoms with van der Waals surface area (Å²) in [5.74, 6) is -0.0919. The molecule has 20 heavy (non-hydrogen) atoms. The van der Waals surface area contributed by atoms with Gasteiger partial charge in [-0.1, -0.05) is 6.42 Å². The lowest BCUT2D eigenvalue weighted by Crippen LogP contribution is -2.45. The van der Waals surface area contributed by atoms with Gasteiger partial charge in [-0.15, -0.1) is 0 Å². The summed E-state index contributed by atoms with van der Waals surface area (Å²) >= 11 is 0. The Bertz CT molecular complexity index is 531. The lowest BCUT2D eigenvalue weighted by atomic mass is 9.75. The van der Waals surface area contributed by atoms with E-state index in [-0.39, 0.29) is 5.92 Å². The Kier molecular flexibility index (Phi) is 3.08. The molecule has 1 N–H and O–H groups in total. The number of fused-ring (bicyclic) bond motifs is 5. The number of halogens is 3. The van der Waals surface area contributed by atoms with Crippen molar-refractivity contribution in [2.75, 3.05) is 0 Å². The van der Waals surface area contributed by atoms with Crippen molar-refractivity contribution in [3.63, 3.8) is 0 Å². The van der Waals surface area contributed by atoms with E-state index < -0.39 is 27.4 Å². The molecular formula is C12H16F3NO3S. The molecule has 3 rings (SSSR count). The number of hydrogen-bond donors (Lipinski definition) is 1. The summed E-state index contributed by atoms with van der Waals surface area (Å²) in [6, 6.07) is 0. The summed E-state index contributed by atoms with van der Waals surface area (Å²) in [7, 11) is -5.57. The standard InChI is InChI=1S/C12H16F3NO3S/c13-12(14,15)20(18,19)16-11(17)10-5-6-4-9(10)8-3-1-2-7(6)8/h6-10H,1-5H2,(H,16,17). The molecule has 8 heteroatoms. The van der Waals surface area contributed by atoms with Gasteiger partial charge in [-0.25, -0.2) is 4.72 Å². The fourth-order valence-electron chi connectivity index (χ4n) is 4.64. The highest BCUT2D eigenvalue weighted by Crippen LogP contribution is 2.61. The van der Waals surface area contributed by atoms with Gasteiger partial charge >= 0.3 is 15.5 Å². The molecule has 0 spiro atoms. The summed E-state index contributed by atoms with van der Waals surface area (Å²) in [5, 5.41) is 0. The smallest absolute Gasteiger partial charge is 0.274 e. The average molecular weight is 311 g/mol. The fraction of sp³-hybridized carbons (Fsp3) is 0.917. The van der Waals surface area contributed by atoms with Gasteiger partial charge in [0.1, 0.15) is 0 Å². The number of sulfonamides is 1. The quantitative estimate of drug-likeness (QED) is 0.848. The Labute approximate surface area is 115 Å². The van der Waals surface area contributed by atoms with E-state index in [0.29, 0.717) is 24.2 Å². The van der Waals surface area contributed by atoms with Crippen LogP contribution >= 0.6 is 0 Å². The second-order valence-electron chi connectivity index (χ2n) is 6.18. The molecule has 1 amide bonds. The van der Waals surface area contributed by atoms with Crippen LogP contribution in [0, 0.1) is 29.6 Å². The minimum absolute atomic E-state index is 0.0657. The lowest BCUT2D eigenvalue weighted by molar-refractivity contribution is -0.126. The van der Waals surface area contributed by atoms with E-state index in [0.717, 1.165) is 25.7 Å². The molecule has 5 atom stereocenters. The zero-order chi connectivity index (χ0) is 14.7. The van der Waals surface area contributed by atoms with Crippen molar-refractivity contribution < 1.29 is 26.4 Å². The molecule has 3 saturated carbocycles. The highest BCUT2D eigenvalue weighted by Gasteiger charge is 2.57. The SMILES string of the molecule is O=C(NS(=O)(=O)C(F)(F)F)C1CC2CC1C1CCCC21. The Morgan fingerprint density at radius 1 is 1.05 bits per heavy atom. The third kappa shape index (κ3) is 2.03. The maximum absolute atomic E-state index is 12.3. The molecule has 0 radical (unpaired) electrons. The molecule has 0 aromatic heterocycles. The first-order valence-corrected chi connectivity index (χ1v) is 8.32. The maximum atomic E-state index is 12.3. The van der Waals surface area contributed by atoms with Gasteiger partial charge in [0, 0.05) is 5.92 Å². The molecule has 0 aliphatic heterocycles. The van der Waals surface area contributed by atoms with Crippen LogP contribution in [0.5, 0.6) is 0 Å². The third-order valence-electron chi connectivity index (χ3n) is 5.31. The Balaban J connectivity index is 1.71. The Morgan fingerprint density at radius 2 is 1.70 bits per heavy atom. The van der Waals surface area contributed by atoms with Crippen LogP contribution in [0.3, 0.4) is 0 Å². The van der Waals surface area contributed by atoms with Crippen LogP contribution in [0.15, 0.2) is 0 Å². The van der Waals surface area contributed by atoms with Gasteiger partial charge in [-0.2, -0.15) is 21.6 Å². The molecule has 4 nitrogen and oxygen atoms in total. The van der Waals surface area contributed by atoms with Crippen LogP contribution in [0.4, 0.5) is 13.2 Å². The molecular weight excluding hydrogens is 295 g/mol. The summed E-state index contributed by atoms with van der Waals surface area (Å²) in [6.45, 7) is 0. The van der Waals surface area contributed by atoms with Crippen LogP contribution in [0.25, 0.3) is 0 Å². The average Bonchev–Trinajstić information content (AvgIpc) is 2.99. The summed E-state index contributed by atoms with van der Waals surface area (Å²) in [6.07, 6.45) is 4.66. The van der Waals surface area contributed by atoms with E-state index in [1.165, 1.54) is 4.72 Å². The largest absolute Gasteiger partial charge is 0.516 e. The topological polar surface area (TPSA) is 63.2 Å². The Morgan fingerprint density at radius 3 is 2.35 bits per heavy atom. The molecule has 3 aliphatic carbocycles. The van der Waals surface area contributed by atoms with Crippen molar-refractivity contribution in [3.05, 3.63) is 0 Å². The van der Waals surface area contributed by atoms with Gasteiger partial charge in [-0.3, -0.25) is 4.79 Å². The predicted octanol–water partition coefficient (Wildman–Crippen LogP) is 2.02. The van der Waals surface area contributed by atoms with Crippen LogP contribution < -0.4 is 4.72 Å². The monoisotopic (exact) mass is 311 g/mol. The number of carbonyl (C=O) groups excluding carboxylic acids is 1. The molecule has 0 saturated heterocycles. The third-order valence-corrected chi connectivity index (χ3v) is 6.38. The van der Waals surface area contributed by atoms with Gasteiger partial charge < -0.3 is 0 Å². The van der Waals surface area contributed by atoms with Crippen LogP contribution in [0.1, 0.15) is 32.1 Å². The van der Waals surface area contributed by atoms with E-state index in [1.54, 1.807) is 0 Å². The van der Waals surface area contributed by atoms with Crippen molar-refractivity contribution in [2.45, 2.75) is 37.6 Å². The number of carbonyl (C=O) groups is 1. The van der Waals surface area contributed by atoms with Crippen molar-refractivity contribution in [3.8, 4) is 0 Å². The molecule has 3 fully saturated rings. The first-order chi connectivity index (χ1) is 9.21. The highest BCUT2D eigenvalue weighted by atomic mass is 32.2. The fourth-order valence-corrected chi connectivity index (χ4v) is 5.17. The molecule has 3 aliphatic rings. The van der Waals surface area contributed by atoms with Crippen LogP contribution in [-0.4, -0.2) is 19.8 Å². The number of alkyl halides is 3. The van der Waals surface area contributed by atoms with Crippen molar-refractivity contribution in [1.82, 2.24) is 4.72 Å². The summed E-state index contributed by atoms with van der Waals surface area (Å²) in [4.78, 5) is 11.9. The molecule has 5 unspecified atom stereocenters. The minimum atomic E-state index is -5.57. The number of rotatable bonds is 2. The van der Waals surface area contributed by atoms with Gasteiger partial charge in [0.05, 0.1) is 0 Å². The molecule has 114 valence electrons. The van der Waals surface area contributed by atoms with Gasteiger partial charge in [0.25, 0.3) is 0 Å². The van der Waals surface area contributed by atoms with Gasteiger partial charge in [0.2, 0.25) is 5.91 Å². The van der Waals surface area contributed by atoms with E-state index in [4.69, 9.17) is 0 Å². The van der Waals surface area contributed by atoms with Crippen molar-refractivity contribution in [2.24, 2.45) is 29.6 Å². The number of amides is 1. The zero-order valence-electron chi connectivity index (χ0n) is 10.7. The van der Waals surface area contributed by atoms with E-state index in [1.807, 2.05) is 0 Å². The number of hydrogen-bond acceptors (Lipinski definition) is 3. The summed E-state index contributed by atoms with van der Waals surface area (Å²) < 4.78 is 60.0. The molecule has 0 aromatic rings. The van der Waals surface area contributed by atoms with E-state index >= 15 is 0 Å². The van der Waals surface area contributed by atoms with E-state index in [9.17, 15) is 26.4 Å². The van der Waals surface area contributed by atoms with Gasteiger partial charge in [-0.05, 0) is 49.4 Å². The normalized spacial score (nSPS) is 39.9. The Hall–Kier alpha value is -0.790. The first kappa shape index (κ1) is 14.2. The maximum Gasteiger partial charge on any atom is 0.516 e. The summed E-state index contributed by atoms with van der Waals surface area (Å²) in [5.41, 5.74) is -5.43. The molecule has 2 bridgehead atoms. The van der Waals surface area contributed by atoms with Gasteiger partial charge in [0.15, 0.2) is 0 Å². The first-order valence-electron chi connectivity index (χ1n) is 6.83. The second-order valence-corrected chi connectivity index (χ2v) is 7.85. The molecule has 0 heterocycles. The molecule has 0 aromatic carbocycles. The van der Waals surface area contributed by atoms with Crippen molar-refractivity contribution in [1.29, 1.82) is 0 Å². The number of nitrogens with one attached hydrogen (secondary N) is 1. The minimum Gasteiger partial charge on any atom is -0.274 e. The zero-order valence-corrected chi connectivity index (χ0v) is 11.5. The lowest BCUT2D eigenvalue weighted by Gasteiger charge is -2.30. The van der Waals surface area contributed by atoms with Crippen LogP contribution in [-0.2, 0) is 14.8 Å². The van der Waals surface area contributed by atoms with Crippen LogP contribution in [0.2, 0.25) is 0 Å². The second kappa shape index (κ2) is 4.35. The highest BCUT2D eigenvalue weighted by molar-refractivity contribution is 7.90. The van der Waals surface area contributed by atoms with E-state index in [2.05, 4.69) is 0 Å².